The summed E-state index contributed by atoms with van der Waals surface area (Å²) in [7, 11) is 0. The Morgan fingerprint density at radius 1 is 1.14 bits per heavy atom. The van der Waals surface area contributed by atoms with Gasteiger partial charge in [0.05, 0.1) is 22.3 Å². The van der Waals surface area contributed by atoms with Gasteiger partial charge in [0.1, 0.15) is 18.2 Å². The number of nitrogens with zero attached hydrogens (tertiary/aromatic N) is 7. The van der Waals surface area contributed by atoms with Gasteiger partial charge in [-0.25, -0.2) is 9.97 Å². The Morgan fingerprint density at radius 2 is 1.95 bits per heavy atom. The van der Waals surface area contributed by atoms with Crippen LogP contribution in [-0.4, -0.2) is 40.7 Å². The molecule has 0 amide bonds. The first-order chi connectivity index (χ1) is 17.7. The van der Waals surface area contributed by atoms with E-state index in [1.54, 1.807) is 48.1 Å². The number of rotatable bonds is 5. The number of anilines is 2. The number of nitriles is 1. The van der Waals surface area contributed by atoms with Crippen molar-refractivity contribution in [3.8, 4) is 23.1 Å². The number of fused-ring (bicyclic) bond motifs is 1. The van der Waals surface area contributed by atoms with Gasteiger partial charge in [0.2, 0.25) is 0 Å². The highest BCUT2D eigenvalue weighted by atomic mass is 19.4. The van der Waals surface area contributed by atoms with Crippen LogP contribution in [0.25, 0.3) is 28.1 Å². The Bertz CT molecular complexity index is 1700. The van der Waals surface area contributed by atoms with Crippen LogP contribution in [0, 0.1) is 18.3 Å². The summed E-state index contributed by atoms with van der Waals surface area (Å²) in [5, 5.41) is 25.9. The lowest BCUT2D eigenvalue weighted by molar-refractivity contribution is -0.141. The molecule has 0 aliphatic heterocycles. The van der Waals surface area contributed by atoms with Crippen LogP contribution in [-0.2, 0) is 6.18 Å². The van der Waals surface area contributed by atoms with E-state index in [0.717, 1.165) is 6.07 Å². The zero-order valence-corrected chi connectivity index (χ0v) is 19.3. The van der Waals surface area contributed by atoms with Gasteiger partial charge < -0.3 is 5.32 Å². The number of benzene rings is 1. The van der Waals surface area contributed by atoms with Crippen molar-refractivity contribution in [3.63, 3.8) is 0 Å². The van der Waals surface area contributed by atoms with E-state index in [9.17, 15) is 23.2 Å². The van der Waals surface area contributed by atoms with Crippen molar-refractivity contribution in [3.05, 3.63) is 71.4 Å². The highest BCUT2D eigenvalue weighted by Crippen LogP contribution is 2.30. The van der Waals surface area contributed by atoms with Gasteiger partial charge in [0.15, 0.2) is 23.0 Å². The first kappa shape index (κ1) is 23.6. The van der Waals surface area contributed by atoms with E-state index in [-0.39, 0.29) is 17.3 Å². The van der Waals surface area contributed by atoms with Crippen LogP contribution < -0.4 is 5.32 Å². The molecular formula is C24H16F3N9O. The van der Waals surface area contributed by atoms with E-state index in [1.807, 2.05) is 6.07 Å². The van der Waals surface area contributed by atoms with Crippen molar-refractivity contribution in [2.45, 2.75) is 20.0 Å². The average molecular weight is 503 g/mol. The van der Waals surface area contributed by atoms with Gasteiger partial charge in [-0.2, -0.15) is 23.5 Å². The standard InChI is InChI=1S/C24H16F3N9O/c1-12-22(17(10-28)33-32-12)23-15(13(2)37)4-8-21(31-23)36-11-29-16-9-14(3-5-18(16)36)30-20-7-6-19(34-35-20)24(25,26)27/h3-9,11H,1-2H3,(H,30,35)(H,32,33). The van der Waals surface area contributed by atoms with Gasteiger partial charge in [0.25, 0.3) is 0 Å². The van der Waals surface area contributed by atoms with E-state index in [1.165, 1.54) is 13.0 Å². The van der Waals surface area contributed by atoms with Crippen molar-refractivity contribution in [1.82, 2.24) is 34.9 Å². The first-order valence-corrected chi connectivity index (χ1v) is 10.8. The van der Waals surface area contributed by atoms with E-state index in [2.05, 4.69) is 35.7 Å². The molecule has 0 unspecified atom stereocenters. The number of alkyl halides is 3. The van der Waals surface area contributed by atoms with Gasteiger partial charge in [-0.15, -0.1) is 10.2 Å². The summed E-state index contributed by atoms with van der Waals surface area (Å²) in [6.07, 6.45) is -3.01. The molecule has 0 spiro atoms. The zero-order valence-electron chi connectivity index (χ0n) is 19.3. The minimum Gasteiger partial charge on any atom is -0.339 e. The van der Waals surface area contributed by atoms with Gasteiger partial charge in [-0.3, -0.25) is 14.5 Å². The minimum absolute atomic E-state index is 0.127. The average Bonchev–Trinajstić information content (AvgIpc) is 3.46. The molecule has 0 saturated heterocycles. The van der Waals surface area contributed by atoms with E-state index in [4.69, 9.17) is 0 Å². The minimum atomic E-state index is -4.57. The Morgan fingerprint density at radius 3 is 2.62 bits per heavy atom. The summed E-state index contributed by atoms with van der Waals surface area (Å²) < 4.78 is 39.9. The highest BCUT2D eigenvalue weighted by molar-refractivity contribution is 6.00. The summed E-state index contributed by atoms with van der Waals surface area (Å²) in [6, 6.07) is 12.5. The van der Waals surface area contributed by atoms with Crippen LogP contribution in [0.2, 0.25) is 0 Å². The molecule has 37 heavy (non-hydrogen) atoms. The molecule has 1 aromatic carbocycles. The molecule has 0 atom stereocenters. The second-order valence-electron chi connectivity index (χ2n) is 8.05. The maximum atomic E-state index is 12.7. The molecule has 0 saturated carbocycles. The third-order valence-corrected chi connectivity index (χ3v) is 5.57. The number of halogens is 3. The second-order valence-corrected chi connectivity index (χ2v) is 8.05. The number of nitrogens with one attached hydrogen (secondary N) is 2. The number of aromatic amines is 1. The van der Waals surface area contributed by atoms with Crippen LogP contribution in [0.4, 0.5) is 24.7 Å². The van der Waals surface area contributed by atoms with Crippen LogP contribution in [0.15, 0.2) is 48.8 Å². The van der Waals surface area contributed by atoms with Gasteiger partial charge in [0, 0.05) is 16.9 Å². The predicted molar refractivity (Wildman–Crippen MR) is 126 cm³/mol. The number of carbonyl (C=O) groups is 1. The fraction of sp³-hybridized carbons (Fsp3) is 0.125. The Kier molecular flexibility index (Phi) is 5.63. The molecule has 0 aliphatic carbocycles. The summed E-state index contributed by atoms with van der Waals surface area (Å²) >= 11 is 0. The summed E-state index contributed by atoms with van der Waals surface area (Å²) in [6.45, 7) is 3.16. The lowest BCUT2D eigenvalue weighted by Crippen LogP contribution is -2.09. The molecule has 4 aromatic heterocycles. The molecule has 184 valence electrons. The molecule has 10 nitrogen and oxygen atoms in total. The fourth-order valence-corrected chi connectivity index (χ4v) is 3.83. The monoisotopic (exact) mass is 503 g/mol. The Hall–Kier alpha value is -5.12. The maximum absolute atomic E-state index is 12.7. The number of pyridine rings is 1. The molecule has 2 N–H and O–H groups in total. The van der Waals surface area contributed by atoms with Gasteiger partial charge in [-0.1, -0.05) is 0 Å². The third kappa shape index (κ3) is 4.36. The number of hydrogen-bond acceptors (Lipinski definition) is 8. The quantitative estimate of drug-likeness (QED) is 0.328. The predicted octanol–water partition coefficient (Wildman–Crippen LogP) is 4.75. The van der Waals surface area contributed by atoms with Crippen LogP contribution in [0.3, 0.4) is 0 Å². The Balaban J connectivity index is 1.51. The lowest BCUT2D eigenvalue weighted by atomic mass is 10.0. The van der Waals surface area contributed by atoms with E-state index < -0.39 is 11.9 Å². The van der Waals surface area contributed by atoms with Crippen LogP contribution in [0.5, 0.6) is 0 Å². The highest BCUT2D eigenvalue weighted by Gasteiger charge is 2.32. The number of imidazole rings is 1. The second kappa shape index (κ2) is 8.83. The van der Waals surface area contributed by atoms with Crippen molar-refractivity contribution < 1.29 is 18.0 Å². The third-order valence-electron chi connectivity index (χ3n) is 5.57. The van der Waals surface area contributed by atoms with E-state index >= 15 is 0 Å². The molecule has 5 rings (SSSR count). The van der Waals surface area contributed by atoms with Gasteiger partial charge in [-0.05, 0) is 56.3 Å². The first-order valence-electron chi connectivity index (χ1n) is 10.8. The molecule has 4 heterocycles. The number of H-pyrrole nitrogens is 1. The van der Waals surface area contributed by atoms with Crippen molar-refractivity contribution in [1.29, 1.82) is 5.26 Å². The fourth-order valence-electron chi connectivity index (χ4n) is 3.83. The topological polar surface area (TPSA) is 138 Å². The molecule has 0 bridgehead atoms. The number of hydrogen-bond donors (Lipinski definition) is 2. The van der Waals surface area contributed by atoms with Gasteiger partial charge >= 0.3 is 6.18 Å². The molecule has 13 heteroatoms. The molecule has 0 fully saturated rings. The molecule has 5 aromatic rings. The maximum Gasteiger partial charge on any atom is 0.435 e. The van der Waals surface area contributed by atoms with Crippen LogP contribution in [0.1, 0.15) is 34.4 Å². The number of ketones is 1. The normalized spacial score (nSPS) is 11.5. The Labute approximate surface area is 206 Å². The number of Topliss-reactive ketones (excluding diaryl/α,β-unsaturated/α-hetero) is 1. The molecular weight excluding hydrogens is 487 g/mol. The SMILES string of the molecule is CC(=O)c1ccc(-n2cnc3cc(Nc4ccc(C(F)(F)F)nn4)ccc32)nc1-c1c(C#N)n[nH]c1C. The largest absolute Gasteiger partial charge is 0.435 e. The molecule has 0 aliphatic rings. The molecule has 0 radical (unpaired) electrons. The lowest BCUT2D eigenvalue weighted by Gasteiger charge is -2.11. The van der Waals surface area contributed by atoms with Crippen LogP contribution >= 0.6 is 0 Å². The zero-order chi connectivity index (χ0) is 26.3. The van der Waals surface area contributed by atoms with Crippen molar-refractivity contribution in [2.75, 3.05) is 5.32 Å². The summed E-state index contributed by atoms with van der Waals surface area (Å²) in [5.74, 6) is 0.388. The number of carbonyl (C=O) groups excluding carboxylic acids is 1. The number of aryl methyl sites for hydroxylation is 1. The van der Waals surface area contributed by atoms with Crippen molar-refractivity contribution >= 4 is 28.3 Å². The summed E-state index contributed by atoms with van der Waals surface area (Å²) in [4.78, 5) is 21.4. The smallest absolute Gasteiger partial charge is 0.339 e. The van der Waals surface area contributed by atoms with Crippen molar-refractivity contribution in [2.24, 2.45) is 0 Å². The van der Waals surface area contributed by atoms with E-state index in [0.29, 0.717) is 45.1 Å². The summed E-state index contributed by atoms with van der Waals surface area (Å²) in [5.41, 5.74) is 2.56. The number of aromatic nitrogens is 7.